The van der Waals surface area contributed by atoms with Gasteiger partial charge in [0.2, 0.25) is 0 Å². The molecule has 0 spiro atoms. The summed E-state index contributed by atoms with van der Waals surface area (Å²) in [5.74, 6) is 0.630. The molecule has 4 nitrogen and oxygen atoms in total. The van der Waals surface area contributed by atoms with Crippen LogP contribution in [0.3, 0.4) is 0 Å². The quantitative estimate of drug-likeness (QED) is 0.693. The van der Waals surface area contributed by atoms with Crippen molar-refractivity contribution >= 4 is 29.1 Å². The minimum atomic E-state index is -0.171. The first-order chi connectivity index (χ1) is 12.1. The highest BCUT2D eigenvalue weighted by Crippen LogP contribution is 2.33. The molecule has 1 amide bonds. The summed E-state index contributed by atoms with van der Waals surface area (Å²) in [6.07, 6.45) is 4.07. The average molecular weight is 379 g/mol. The van der Waals surface area contributed by atoms with Crippen LogP contribution in [0.4, 0.5) is 0 Å². The van der Waals surface area contributed by atoms with Crippen LogP contribution in [0.25, 0.3) is 0 Å². The Morgan fingerprint density at radius 2 is 1.88 bits per heavy atom. The molecule has 1 aromatic heterocycles. The Morgan fingerprint density at radius 3 is 2.60 bits per heavy atom. The van der Waals surface area contributed by atoms with Gasteiger partial charge in [-0.05, 0) is 42.7 Å². The lowest BCUT2D eigenvalue weighted by atomic mass is 10.0. The van der Waals surface area contributed by atoms with Gasteiger partial charge in [0.1, 0.15) is 16.6 Å². The number of amides is 1. The zero-order chi connectivity index (χ0) is 17.8. The maximum absolute atomic E-state index is 13.1. The lowest BCUT2D eigenvalue weighted by molar-refractivity contribution is 0.0675. The van der Waals surface area contributed by atoms with E-state index >= 15 is 0 Å². The van der Waals surface area contributed by atoms with Crippen molar-refractivity contribution in [3.8, 4) is 5.75 Å². The zero-order valence-electron chi connectivity index (χ0n) is 14.0. The molecule has 0 saturated carbocycles. The second-order valence-electron chi connectivity index (χ2n) is 6.10. The van der Waals surface area contributed by atoms with Gasteiger partial charge in [0.25, 0.3) is 5.91 Å². The van der Waals surface area contributed by atoms with Crippen molar-refractivity contribution in [2.45, 2.75) is 31.7 Å². The number of likely N-dealkylation sites (tertiary alicyclic amines) is 1. The summed E-state index contributed by atoms with van der Waals surface area (Å²) >= 11 is 12.2. The number of aromatic nitrogens is 1. The first kappa shape index (κ1) is 18.0. The highest BCUT2D eigenvalue weighted by molar-refractivity contribution is 6.34. The second kappa shape index (κ2) is 8.07. The van der Waals surface area contributed by atoms with Crippen LogP contribution in [0, 0.1) is 0 Å². The average Bonchev–Trinajstić information content (AvgIpc) is 2.89. The molecule has 0 N–H and O–H groups in total. The number of pyridine rings is 1. The largest absolute Gasteiger partial charge is 0.497 e. The van der Waals surface area contributed by atoms with Crippen LogP contribution in [0.2, 0.25) is 10.2 Å². The van der Waals surface area contributed by atoms with Crippen LogP contribution >= 0.6 is 23.2 Å². The molecule has 2 heterocycles. The van der Waals surface area contributed by atoms with Crippen molar-refractivity contribution in [2.24, 2.45) is 0 Å². The lowest BCUT2D eigenvalue weighted by Crippen LogP contribution is -2.35. The van der Waals surface area contributed by atoms with E-state index in [0.717, 1.165) is 37.0 Å². The van der Waals surface area contributed by atoms with Crippen LogP contribution in [-0.4, -0.2) is 29.4 Å². The third-order valence-electron chi connectivity index (χ3n) is 4.53. The molecule has 1 saturated heterocycles. The fraction of sp³-hybridized carbons (Fsp3) is 0.368. The lowest BCUT2D eigenvalue weighted by Gasteiger charge is -2.30. The maximum Gasteiger partial charge on any atom is 0.274 e. The molecule has 1 fully saturated rings. The minimum Gasteiger partial charge on any atom is -0.497 e. The first-order valence-electron chi connectivity index (χ1n) is 8.37. The van der Waals surface area contributed by atoms with Crippen LogP contribution in [-0.2, 0) is 0 Å². The van der Waals surface area contributed by atoms with Crippen LogP contribution in [0.1, 0.15) is 47.8 Å². The Bertz CT molecular complexity index is 750. The van der Waals surface area contributed by atoms with Crippen molar-refractivity contribution in [1.29, 1.82) is 0 Å². The molecule has 0 aliphatic carbocycles. The van der Waals surface area contributed by atoms with E-state index in [-0.39, 0.29) is 22.8 Å². The number of methoxy groups -OCH3 is 1. The van der Waals surface area contributed by atoms with Gasteiger partial charge in [-0.2, -0.15) is 0 Å². The summed E-state index contributed by atoms with van der Waals surface area (Å²) in [5, 5.41) is 0.593. The van der Waals surface area contributed by atoms with Gasteiger partial charge < -0.3 is 9.64 Å². The van der Waals surface area contributed by atoms with E-state index in [1.807, 2.05) is 29.2 Å². The molecule has 1 aliphatic rings. The molecule has 25 heavy (non-hydrogen) atoms. The molecule has 2 aromatic rings. The highest BCUT2D eigenvalue weighted by atomic mass is 35.5. The van der Waals surface area contributed by atoms with E-state index in [1.165, 1.54) is 0 Å². The second-order valence-corrected chi connectivity index (χ2v) is 6.90. The molecule has 132 valence electrons. The number of hydrogen-bond donors (Lipinski definition) is 0. The molecule has 3 rings (SSSR count). The standard InChI is InChI=1S/C19H20Cl2N2O2/c1-25-14-8-6-13(7-9-14)16-5-3-2-4-12-23(16)19(24)18-15(20)10-11-17(21)22-18/h6-11,16H,2-5,12H2,1H3/t16-/m1/s1. The van der Waals surface area contributed by atoms with Crippen molar-refractivity contribution < 1.29 is 9.53 Å². The third-order valence-corrected chi connectivity index (χ3v) is 5.04. The van der Waals surface area contributed by atoms with E-state index in [4.69, 9.17) is 27.9 Å². The predicted molar refractivity (Wildman–Crippen MR) is 99.5 cm³/mol. The topological polar surface area (TPSA) is 42.4 Å². The van der Waals surface area contributed by atoms with Gasteiger partial charge in [-0.1, -0.05) is 48.2 Å². The Balaban J connectivity index is 1.94. The Labute approximate surface area is 157 Å². The normalized spacial score (nSPS) is 17.9. The molecule has 1 atom stereocenters. The Kier molecular flexibility index (Phi) is 5.82. The van der Waals surface area contributed by atoms with Crippen molar-refractivity contribution in [3.63, 3.8) is 0 Å². The smallest absolute Gasteiger partial charge is 0.274 e. The van der Waals surface area contributed by atoms with E-state index in [2.05, 4.69) is 4.98 Å². The molecule has 0 bridgehead atoms. The van der Waals surface area contributed by atoms with Gasteiger partial charge in [0, 0.05) is 6.54 Å². The van der Waals surface area contributed by atoms with E-state index in [1.54, 1.807) is 19.2 Å². The predicted octanol–water partition coefficient (Wildman–Crippen LogP) is 5.15. The van der Waals surface area contributed by atoms with Gasteiger partial charge in [-0.15, -0.1) is 0 Å². The van der Waals surface area contributed by atoms with Gasteiger partial charge in [0.05, 0.1) is 18.2 Å². The van der Waals surface area contributed by atoms with Gasteiger partial charge >= 0.3 is 0 Å². The summed E-state index contributed by atoms with van der Waals surface area (Å²) in [4.78, 5) is 19.2. The Morgan fingerprint density at radius 1 is 1.12 bits per heavy atom. The number of carbonyl (C=O) groups excluding carboxylic acids is 1. The van der Waals surface area contributed by atoms with Crippen LogP contribution in [0.5, 0.6) is 5.75 Å². The van der Waals surface area contributed by atoms with E-state index in [9.17, 15) is 4.79 Å². The number of rotatable bonds is 3. The fourth-order valence-electron chi connectivity index (χ4n) is 3.23. The number of carbonyl (C=O) groups is 1. The van der Waals surface area contributed by atoms with E-state index in [0.29, 0.717) is 11.6 Å². The minimum absolute atomic E-state index is 0.00208. The van der Waals surface area contributed by atoms with Crippen molar-refractivity contribution in [3.05, 3.63) is 57.8 Å². The monoisotopic (exact) mass is 378 g/mol. The van der Waals surface area contributed by atoms with Crippen molar-refractivity contribution in [2.75, 3.05) is 13.7 Å². The third kappa shape index (κ3) is 4.07. The first-order valence-corrected chi connectivity index (χ1v) is 9.12. The van der Waals surface area contributed by atoms with E-state index < -0.39 is 0 Å². The summed E-state index contributed by atoms with van der Waals surface area (Å²) in [6, 6.07) is 11.1. The van der Waals surface area contributed by atoms with Gasteiger partial charge in [0.15, 0.2) is 0 Å². The summed E-state index contributed by atoms with van der Waals surface area (Å²) in [5.41, 5.74) is 1.31. The number of halogens is 2. The molecule has 1 aliphatic heterocycles. The van der Waals surface area contributed by atoms with Crippen LogP contribution < -0.4 is 4.74 Å². The maximum atomic E-state index is 13.1. The zero-order valence-corrected chi connectivity index (χ0v) is 15.6. The van der Waals surface area contributed by atoms with Gasteiger partial charge in [-0.3, -0.25) is 4.79 Å². The molecule has 6 heteroatoms. The van der Waals surface area contributed by atoms with Crippen LogP contribution in [0.15, 0.2) is 36.4 Å². The highest BCUT2D eigenvalue weighted by Gasteiger charge is 2.29. The molecular formula is C19H20Cl2N2O2. The number of hydrogen-bond acceptors (Lipinski definition) is 3. The number of ether oxygens (including phenoxy) is 1. The van der Waals surface area contributed by atoms with Crippen molar-refractivity contribution in [1.82, 2.24) is 9.88 Å². The summed E-state index contributed by atoms with van der Waals surface area (Å²) in [6.45, 7) is 0.681. The summed E-state index contributed by atoms with van der Waals surface area (Å²) in [7, 11) is 1.64. The fourth-order valence-corrected chi connectivity index (χ4v) is 3.56. The molecule has 1 aromatic carbocycles. The number of nitrogens with zero attached hydrogens (tertiary/aromatic N) is 2. The Hall–Kier alpha value is -1.78. The molecular weight excluding hydrogens is 359 g/mol. The summed E-state index contributed by atoms with van der Waals surface area (Å²) < 4.78 is 5.23. The van der Waals surface area contributed by atoms with Gasteiger partial charge in [-0.25, -0.2) is 4.98 Å². The molecule has 0 unspecified atom stereocenters. The SMILES string of the molecule is COc1ccc([C@H]2CCCCCN2C(=O)c2nc(Cl)ccc2Cl)cc1. The molecule has 0 radical (unpaired) electrons. The number of benzene rings is 1.